The molecule has 0 saturated carbocycles. The van der Waals surface area contributed by atoms with Crippen LogP contribution in [-0.4, -0.2) is 47.7 Å². The standard InChI is InChI=1S/C14H23NO4/c1-4-5-9-19-11(2)12(16)15-8-6-7-14(3,10-15)13(17)18/h4,11H,1,5-10H2,2-3H3,(H,17,18). The number of carbonyl (C=O) groups is 2. The molecule has 0 bridgehead atoms. The molecule has 5 nitrogen and oxygen atoms in total. The molecule has 0 aromatic heterocycles. The highest BCUT2D eigenvalue weighted by molar-refractivity contribution is 5.82. The summed E-state index contributed by atoms with van der Waals surface area (Å²) in [5.41, 5.74) is -0.839. The summed E-state index contributed by atoms with van der Waals surface area (Å²) in [6.45, 7) is 8.32. The number of piperidine rings is 1. The lowest BCUT2D eigenvalue weighted by molar-refractivity contribution is -0.156. The fourth-order valence-corrected chi connectivity index (χ4v) is 2.26. The van der Waals surface area contributed by atoms with E-state index in [1.165, 1.54) is 0 Å². The van der Waals surface area contributed by atoms with Crippen molar-refractivity contribution in [3.63, 3.8) is 0 Å². The molecule has 1 N–H and O–H groups in total. The molecule has 1 aliphatic heterocycles. The second-order valence-electron chi connectivity index (χ2n) is 5.32. The molecule has 19 heavy (non-hydrogen) atoms. The van der Waals surface area contributed by atoms with E-state index in [-0.39, 0.29) is 12.5 Å². The van der Waals surface area contributed by atoms with Crippen molar-refractivity contribution in [2.75, 3.05) is 19.7 Å². The first kappa shape index (κ1) is 15.7. The van der Waals surface area contributed by atoms with Gasteiger partial charge in [-0.1, -0.05) is 6.08 Å². The molecule has 0 aliphatic carbocycles. The Kier molecular flexibility index (Phi) is 5.54. The summed E-state index contributed by atoms with van der Waals surface area (Å²) < 4.78 is 5.42. The number of carboxylic acids is 1. The van der Waals surface area contributed by atoms with E-state index in [9.17, 15) is 14.7 Å². The monoisotopic (exact) mass is 269 g/mol. The first-order valence-electron chi connectivity index (χ1n) is 6.65. The first-order chi connectivity index (χ1) is 8.90. The Bertz CT molecular complexity index is 355. The molecule has 0 radical (unpaired) electrons. The van der Waals surface area contributed by atoms with Gasteiger partial charge in [-0.3, -0.25) is 9.59 Å². The van der Waals surface area contributed by atoms with Crippen LogP contribution in [0.5, 0.6) is 0 Å². The van der Waals surface area contributed by atoms with Crippen LogP contribution < -0.4 is 0 Å². The molecule has 0 spiro atoms. The van der Waals surface area contributed by atoms with Gasteiger partial charge in [0.25, 0.3) is 5.91 Å². The Labute approximate surface area is 114 Å². The van der Waals surface area contributed by atoms with Gasteiger partial charge in [0.15, 0.2) is 0 Å². The van der Waals surface area contributed by atoms with Crippen LogP contribution in [0, 0.1) is 5.41 Å². The fourth-order valence-electron chi connectivity index (χ4n) is 2.26. The van der Waals surface area contributed by atoms with Crippen molar-refractivity contribution < 1.29 is 19.4 Å². The summed E-state index contributed by atoms with van der Waals surface area (Å²) in [5, 5.41) is 9.23. The Hall–Kier alpha value is -1.36. The van der Waals surface area contributed by atoms with Crippen molar-refractivity contribution in [1.82, 2.24) is 4.90 Å². The minimum absolute atomic E-state index is 0.128. The number of carbonyl (C=O) groups excluding carboxylic acids is 1. The summed E-state index contributed by atoms with van der Waals surface area (Å²) in [6, 6.07) is 0. The fraction of sp³-hybridized carbons (Fsp3) is 0.714. The summed E-state index contributed by atoms with van der Waals surface area (Å²) in [6.07, 6.45) is 3.23. The van der Waals surface area contributed by atoms with Crippen molar-refractivity contribution in [2.24, 2.45) is 5.41 Å². The van der Waals surface area contributed by atoms with Crippen molar-refractivity contribution in [3.05, 3.63) is 12.7 Å². The van der Waals surface area contributed by atoms with E-state index in [1.54, 1.807) is 24.8 Å². The Morgan fingerprint density at radius 1 is 1.58 bits per heavy atom. The third kappa shape index (κ3) is 4.06. The van der Waals surface area contributed by atoms with E-state index in [0.717, 1.165) is 0 Å². The predicted molar refractivity (Wildman–Crippen MR) is 71.8 cm³/mol. The molecule has 1 rings (SSSR count). The zero-order valence-electron chi connectivity index (χ0n) is 11.7. The highest BCUT2D eigenvalue weighted by Crippen LogP contribution is 2.30. The van der Waals surface area contributed by atoms with Gasteiger partial charge < -0.3 is 14.7 Å². The molecule has 1 aliphatic rings. The van der Waals surface area contributed by atoms with E-state index in [4.69, 9.17) is 4.74 Å². The molecular formula is C14H23NO4. The average molecular weight is 269 g/mol. The minimum Gasteiger partial charge on any atom is -0.481 e. The summed E-state index contributed by atoms with van der Waals surface area (Å²) in [5.74, 6) is -0.971. The van der Waals surface area contributed by atoms with E-state index in [1.807, 2.05) is 0 Å². The van der Waals surface area contributed by atoms with Gasteiger partial charge in [0, 0.05) is 13.1 Å². The second kappa shape index (κ2) is 6.70. The third-order valence-corrected chi connectivity index (χ3v) is 3.56. The van der Waals surface area contributed by atoms with Crippen molar-refractivity contribution in [3.8, 4) is 0 Å². The molecular weight excluding hydrogens is 246 g/mol. The van der Waals surface area contributed by atoms with Gasteiger partial charge in [0.05, 0.1) is 12.0 Å². The van der Waals surface area contributed by atoms with Gasteiger partial charge >= 0.3 is 5.97 Å². The molecule has 5 heteroatoms. The lowest BCUT2D eigenvalue weighted by Crippen LogP contribution is -2.51. The highest BCUT2D eigenvalue weighted by atomic mass is 16.5. The lowest BCUT2D eigenvalue weighted by atomic mass is 9.82. The van der Waals surface area contributed by atoms with Crippen LogP contribution in [-0.2, 0) is 14.3 Å². The Morgan fingerprint density at radius 3 is 2.84 bits per heavy atom. The van der Waals surface area contributed by atoms with Crippen molar-refractivity contribution in [1.29, 1.82) is 0 Å². The number of amides is 1. The maximum atomic E-state index is 12.2. The van der Waals surface area contributed by atoms with E-state index in [2.05, 4.69) is 6.58 Å². The number of likely N-dealkylation sites (tertiary alicyclic amines) is 1. The average Bonchev–Trinajstić information content (AvgIpc) is 2.38. The third-order valence-electron chi connectivity index (χ3n) is 3.56. The SMILES string of the molecule is C=CCCOC(C)C(=O)N1CCCC(C)(C(=O)O)C1. The van der Waals surface area contributed by atoms with Gasteiger partial charge in [0.2, 0.25) is 0 Å². The van der Waals surface area contributed by atoms with Gasteiger partial charge in [-0.05, 0) is 33.1 Å². The number of hydrogen-bond acceptors (Lipinski definition) is 3. The number of nitrogens with zero attached hydrogens (tertiary/aromatic N) is 1. The lowest BCUT2D eigenvalue weighted by Gasteiger charge is -2.38. The van der Waals surface area contributed by atoms with Crippen LogP contribution in [0.15, 0.2) is 12.7 Å². The first-order valence-corrected chi connectivity index (χ1v) is 6.65. The zero-order valence-corrected chi connectivity index (χ0v) is 11.7. The maximum Gasteiger partial charge on any atom is 0.311 e. The van der Waals surface area contributed by atoms with Crippen LogP contribution >= 0.6 is 0 Å². The molecule has 1 amide bonds. The van der Waals surface area contributed by atoms with Crippen LogP contribution in [0.3, 0.4) is 0 Å². The number of hydrogen-bond donors (Lipinski definition) is 1. The molecule has 0 aromatic rings. The van der Waals surface area contributed by atoms with Crippen LogP contribution in [0.2, 0.25) is 0 Å². The normalized spacial score (nSPS) is 24.8. The number of ether oxygens (including phenoxy) is 1. The maximum absolute atomic E-state index is 12.2. The molecule has 1 heterocycles. The topological polar surface area (TPSA) is 66.8 Å². The number of carboxylic acid groups (broad SMARTS) is 1. The van der Waals surface area contributed by atoms with Gasteiger partial charge in [-0.15, -0.1) is 6.58 Å². The van der Waals surface area contributed by atoms with Crippen LogP contribution in [0.25, 0.3) is 0 Å². The van der Waals surface area contributed by atoms with Crippen molar-refractivity contribution in [2.45, 2.75) is 39.2 Å². The van der Waals surface area contributed by atoms with Gasteiger partial charge in [0.1, 0.15) is 6.10 Å². The number of rotatable bonds is 6. The summed E-state index contributed by atoms with van der Waals surface area (Å²) >= 11 is 0. The molecule has 1 saturated heterocycles. The van der Waals surface area contributed by atoms with E-state index < -0.39 is 17.5 Å². The smallest absolute Gasteiger partial charge is 0.311 e. The van der Waals surface area contributed by atoms with E-state index >= 15 is 0 Å². The molecule has 2 unspecified atom stereocenters. The Balaban J connectivity index is 2.56. The quantitative estimate of drug-likeness (QED) is 0.588. The molecule has 2 atom stereocenters. The molecule has 1 fully saturated rings. The highest BCUT2D eigenvalue weighted by Gasteiger charge is 2.40. The molecule has 0 aromatic carbocycles. The Morgan fingerprint density at radius 2 is 2.26 bits per heavy atom. The largest absolute Gasteiger partial charge is 0.481 e. The van der Waals surface area contributed by atoms with Crippen LogP contribution in [0.1, 0.15) is 33.1 Å². The molecule has 108 valence electrons. The van der Waals surface area contributed by atoms with Crippen LogP contribution in [0.4, 0.5) is 0 Å². The second-order valence-corrected chi connectivity index (χ2v) is 5.32. The number of aliphatic carboxylic acids is 1. The van der Waals surface area contributed by atoms with E-state index in [0.29, 0.717) is 32.4 Å². The van der Waals surface area contributed by atoms with Gasteiger partial charge in [-0.2, -0.15) is 0 Å². The summed E-state index contributed by atoms with van der Waals surface area (Å²) in [4.78, 5) is 25.0. The summed E-state index contributed by atoms with van der Waals surface area (Å²) in [7, 11) is 0. The van der Waals surface area contributed by atoms with Gasteiger partial charge in [-0.25, -0.2) is 0 Å². The predicted octanol–water partition coefficient (Wildman–Crippen LogP) is 1.68. The minimum atomic E-state index is -0.842. The van der Waals surface area contributed by atoms with Crippen molar-refractivity contribution >= 4 is 11.9 Å². The zero-order chi connectivity index (χ0) is 14.5.